The number of hydrogen-bond donors (Lipinski definition) is 3. The molecule has 6 rings (SSSR count). The lowest BCUT2D eigenvalue weighted by Gasteiger charge is -2.38. The van der Waals surface area contributed by atoms with Crippen LogP contribution in [0.15, 0.2) is 53.4 Å². The number of aliphatic hydroxyl groups excluding tert-OH is 2. The van der Waals surface area contributed by atoms with Crippen LogP contribution >= 0.6 is 11.8 Å². The number of sulfonamides is 1. The van der Waals surface area contributed by atoms with Crippen molar-refractivity contribution < 1.29 is 41.3 Å². The molecule has 17 heteroatoms. The second-order valence-electron chi connectivity index (χ2n) is 13.9. The van der Waals surface area contributed by atoms with Gasteiger partial charge in [0.15, 0.2) is 0 Å². The van der Waals surface area contributed by atoms with Gasteiger partial charge in [0.05, 0.1) is 42.5 Å². The zero-order valence-corrected chi connectivity index (χ0v) is 31.3. The van der Waals surface area contributed by atoms with Gasteiger partial charge in [-0.05, 0) is 63.0 Å². The average molecular weight is 781 g/mol. The monoisotopic (exact) mass is 780 g/mol. The molecule has 2 aromatic carbocycles. The predicted molar refractivity (Wildman–Crippen MR) is 195 cm³/mol. The molecule has 3 aromatic rings. The number of aliphatic hydroxyl groups is 2. The summed E-state index contributed by atoms with van der Waals surface area (Å²) in [6.45, 7) is 3.56. The van der Waals surface area contributed by atoms with Gasteiger partial charge in [-0.25, -0.2) is 8.42 Å². The Balaban J connectivity index is 1.16. The Labute approximate surface area is 312 Å². The van der Waals surface area contributed by atoms with E-state index in [0.29, 0.717) is 41.6 Å². The quantitative estimate of drug-likeness (QED) is 0.165. The maximum atomic E-state index is 14.2. The van der Waals surface area contributed by atoms with Crippen LogP contribution in [-0.2, 0) is 40.5 Å². The molecule has 3 aliphatic heterocycles. The molecule has 1 amide bonds. The molecule has 0 radical (unpaired) electrons. The molecule has 3 N–H and O–H groups in total. The number of ether oxygens (including phenoxy) is 1. The van der Waals surface area contributed by atoms with Gasteiger partial charge in [0.25, 0.3) is 0 Å². The van der Waals surface area contributed by atoms with Gasteiger partial charge < -0.3 is 25.2 Å². The first-order chi connectivity index (χ1) is 25.3. The van der Waals surface area contributed by atoms with Gasteiger partial charge in [-0.2, -0.15) is 22.6 Å². The molecule has 2 unspecified atom stereocenters. The standard InChI is InChI=1S/C36H47F3N6O6S2/c1-53(49,50)43-18-13-31-29(23-43)35(41-45(31)22-27(46)21-42-16-11-26(12-17-42)44-15-5-8-34(44)48)25-9-10-30(36(37,38)39)32(20-25)52-24-33(47)40-14-19-51-28-6-3-2-4-7-28/h2-4,6-7,9-10,20,26-27,34,46,48H,5,8,11-19,21-24H2,1H3,(H,40,47). The van der Waals surface area contributed by atoms with Crippen molar-refractivity contribution in [2.75, 3.05) is 57.9 Å². The van der Waals surface area contributed by atoms with Gasteiger partial charge >= 0.3 is 6.18 Å². The second kappa shape index (κ2) is 17.1. The van der Waals surface area contributed by atoms with Crippen molar-refractivity contribution >= 4 is 27.7 Å². The molecule has 290 valence electrons. The fourth-order valence-corrected chi connectivity index (χ4v) is 9.14. The number of β-amino-alcohol motifs (C(OH)–C–C–N with tert-alkyl or cyclic N) is 1. The second-order valence-corrected chi connectivity index (χ2v) is 16.9. The molecule has 2 fully saturated rings. The van der Waals surface area contributed by atoms with Crippen molar-refractivity contribution in [1.29, 1.82) is 0 Å². The number of benzene rings is 2. The van der Waals surface area contributed by atoms with E-state index >= 15 is 0 Å². The van der Waals surface area contributed by atoms with Gasteiger partial charge in [0.1, 0.15) is 18.6 Å². The van der Waals surface area contributed by atoms with Crippen LogP contribution in [-0.4, -0.2) is 125 Å². The Bertz CT molecular complexity index is 1820. The van der Waals surface area contributed by atoms with Crippen molar-refractivity contribution in [3.8, 4) is 17.0 Å². The number of piperidine rings is 1. The number of carbonyl (C=O) groups excluding carboxylic acids is 1. The Morgan fingerprint density at radius 2 is 1.83 bits per heavy atom. The lowest BCUT2D eigenvalue weighted by Crippen LogP contribution is -2.48. The van der Waals surface area contributed by atoms with Crippen LogP contribution in [0.3, 0.4) is 0 Å². The maximum absolute atomic E-state index is 14.2. The summed E-state index contributed by atoms with van der Waals surface area (Å²) < 4.78 is 76.1. The van der Waals surface area contributed by atoms with Crippen molar-refractivity contribution in [2.24, 2.45) is 0 Å². The molecule has 2 saturated heterocycles. The highest BCUT2D eigenvalue weighted by Crippen LogP contribution is 2.40. The molecule has 53 heavy (non-hydrogen) atoms. The highest BCUT2D eigenvalue weighted by Gasteiger charge is 2.36. The number of halogens is 3. The van der Waals surface area contributed by atoms with Gasteiger partial charge in [0.2, 0.25) is 15.9 Å². The molecule has 0 saturated carbocycles. The number of aromatic nitrogens is 2. The van der Waals surface area contributed by atoms with E-state index < -0.39 is 33.8 Å². The third kappa shape index (κ3) is 10.1. The maximum Gasteiger partial charge on any atom is 0.417 e. The number of likely N-dealkylation sites (tertiary alicyclic amines) is 2. The largest absolute Gasteiger partial charge is 0.492 e. The van der Waals surface area contributed by atoms with Gasteiger partial charge in [0, 0.05) is 60.4 Å². The van der Waals surface area contributed by atoms with Crippen LogP contribution in [0, 0.1) is 0 Å². The molecule has 4 heterocycles. The van der Waals surface area contributed by atoms with Gasteiger partial charge in [-0.15, -0.1) is 11.8 Å². The Morgan fingerprint density at radius 1 is 1.08 bits per heavy atom. The molecule has 12 nitrogen and oxygen atoms in total. The molecule has 1 aromatic heterocycles. The number of amides is 1. The lowest BCUT2D eigenvalue weighted by molar-refractivity contribution is -0.139. The first-order valence-corrected chi connectivity index (χ1v) is 20.8. The number of hydrogen-bond acceptors (Lipinski definition) is 10. The summed E-state index contributed by atoms with van der Waals surface area (Å²) in [5.41, 5.74) is 1.10. The van der Waals surface area contributed by atoms with Crippen LogP contribution in [0.1, 0.15) is 42.5 Å². The summed E-state index contributed by atoms with van der Waals surface area (Å²) in [5.74, 6) is -0.0897. The fraction of sp³-hybridized carbons (Fsp3) is 0.556. The number of nitrogens with one attached hydrogen (secondary N) is 1. The minimum atomic E-state index is -4.68. The first kappa shape index (κ1) is 39.5. The van der Waals surface area contributed by atoms with Crippen LogP contribution in [0.2, 0.25) is 0 Å². The Kier molecular flexibility index (Phi) is 12.7. The summed E-state index contributed by atoms with van der Waals surface area (Å²) >= 11 is 0.756. The average Bonchev–Trinajstić information content (AvgIpc) is 3.72. The van der Waals surface area contributed by atoms with Gasteiger partial charge in [-0.1, -0.05) is 24.3 Å². The molecule has 0 aliphatic carbocycles. The SMILES string of the molecule is CS(=O)(=O)N1CCc2c(c(-c3ccc(C(F)(F)F)c(SCC(=O)NCCOc4ccccc4)c3)nn2CC(O)CN2CCC(N3CCCC3O)CC2)C1. The minimum Gasteiger partial charge on any atom is -0.492 e. The number of para-hydroxylation sites is 1. The summed E-state index contributed by atoms with van der Waals surface area (Å²) in [6, 6.07) is 13.0. The molecule has 3 aliphatic rings. The molecular formula is C36H47F3N6O6S2. The zero-order chi connectivity index (χ0) is 37.8. The third-order valence-corrected chi connectivity index (χ3v) is 12.4. The number of carbonyl (C=O) groups is 1. The minimum absolute atomic E-state index is 0.00752. The Hall–Kier alpha value is -3.19. The molecule has 0 bridgehead atoms. The molecular weight excluding hydrogens is 734 g/mol. The third-order valence-electron chi connectivity index (χ3n) is 10.1. The van der Waals surface area contributed by atoms with Gasteiger partial charge in [-0.3, -0.25) is 14.4 Å². The summed E-state index contributed by atoms with van der Waals surface area (Å²) in [7, 11) is -3.58. The van der Waals surface area contributed by atoms with E-state index in [1.807, 2.05) is 18.2 Å². The van der Waals surface area contributed by atoms with E-state index in [1.165, 1.54) is 16.4 Å². The first-order valence-electron chi connectivity index (χ1n) is 17.9. The topological polar surface area (TPSA) is 140 Å². The predicted octanol–water partition coefficient (Wildman–Crippen LogP) is 3.41. The number of nitrogens with zero attached hydrogens (tertiary/aromatic N) is 5. The van der Waals surface area contributed by atoms with E-state index in [2.05, 4.69) is 15.1 Å². The van der Waals surface area contributed by atoms with Crippen LogP contribution in [0.25, 0.3) is 11.3 Å². The number of rotatable bonds is 14. The molecule has 2 atom stereocenters. The lowest BCUT2D eigenvalue weighted by atomic mass is 10.0. The number of fused-ring (bicyclic) bond motifs is 1. The van der Waals surface area contributed by atoms with E-state index in [1.54, 1.807) is 16.8 Å². The fourth-order valence-electron chi connectivity index (χ4n) is 7.41. The van der Waals surface area contributed by atoms with Crippen LogP contribution < -0.4 is 10.1 Å². The number of alkyl halides is 3. The summed E-state index contributed by atoms with van der Waals surface area (Å²) in [4.78, 5) is 16.8. The zero-order valence-electron chi connectivity index (χ0n) is 29.7. The van der Waals surface area contributed by atoms with Crippen molar-refractivity contribution in [2.45, 2.75) is 74.6 Å². The van der Waals surface area contributed by atoms with Crippen molar-refractivity contribution in [3.05, 3.63) is 65.4 Å². The summed E-state index contributed by atoms with van der Waals surface area (Å²) in [5, 5.41) is 29.0. The van der Waals surface area contributed by atoms with E-state index in [4.69, 9.17) is 9.84 Å². The normalized spacial score (nSPS) is 20.0. The van der Waals surface area contributed by atoms with Crippen molar-refractivity contribution in [1.82, 2.24) is 29.2 Å². The van der Waals surface area contributed by atoms with E-state index in [9.17, 15) is 36.6 Å². The highest BCUT2D eigenvalue weighted by molar-refractivity contribution is 8.00. The Morgan fingerprint density at radius 3 is 2.51 bits per heavy atom. The van der Waals surface area contributed by atoms with E-state index in [-0.39, 0.29) is 49.7 Å². The summed E-state index contributed by atoms with van der Waals surface area (Å²) in [6.07, 6.45) is -0.848. The molecule has 0 spiro atoms. The highest BCUT2D eigenvalue weighted by atomic mass is 32.2. The number of thioether (sulfide) groups is 1. The van der Waals surface area contributed by atoms with Crippen molar-refractivity contribution in [3.63, 3.8) is 0 Å². The van der Waals surface area contributed by atoms with Crippen LogP contribution in [0.5, 0.6) is 5.75 Å². The smallest absolute Gasteiger partial charge is 0.417 e. The van der Waals surface area contributed by atoms with E-state index in [0.717, 1.165) is 75.1 Å². The van der Waals surface area contributed by atoms with Crippen LogP contribution in [0.4, 0.5) is 13.2 Å².